The second-order valence-corrected chi connectivity index (χ2v) is 6.03. The summed E-state index contributed by atoms with van der Waals surface area (Å²) in [4.78, 5) is 21.0. The van der Waals surface area contributed by atoms with E-state index in [0.29, 0.717) is 34.5 Å². The van der Waals surface area contributed by atoms with Gasteiger partial charge in [0.15, 0.2) is 0 Å². The second kappa shape index (κ2) is 9.05. The number of carbonyl (C=O) groups is 1. The summed E-state index contributed by atoms with van der Waals surface area (Å²) < 4.78 is 10.7. The Morgan fingerprint density at radius 3 is 2.71 bits per heavy atom. The Hall–Kier alpha value is -3.32. The van der Waals surface area contributed by atoms with Crippen LogP contribution in [0.1, 0.15) is 17.4 Å². The van der Waals surface area contributed by atoms with Gasteiger partial charge in [0.25, 0.3) is 5.91 Å². The highest BCUT2D eigenvalue weighted by atomic mass is 35.5. The predicted octanol–water partition coefficient (Wildman–Crippen LogP) is 4.53. The van der Waals surface area contributed by atoms with E-state index in [-0.39, 0.29) is 17.5 Å². The highest BCUT2D eigenvalue weighted by Gasteiger charge is 2.12. The number of nitrogens with zero attached hydrogens (tertiary/aromatic N) is 2. The van der Waals surface area contributed by atoms with Crippen LogP contribution in [0.4, 0.5) is 17.3 Å². The zero-order chi connectivity index (χ0) is 19.9. The molecule has 8 heteroatoms. The summed E-state index contributed by atoms with van der Waals surface area (Å²) in [5.74, 6) is 1.06. The number of nitrogens with one attached hydrogen (secondary N) is 2. The number of rotatable bonds is 7. The Kier molecular flexibility index (Phi) is 6.29. The fourth-order valence-corrected chi connectivity index (χ4v) is 2.71. The van der Waals surface area contributed by atoms with Crippen LogP contribution in [0, 0.1) is 0 Å². The van der Waals surface area contributed by atoms with Crippen LogP contribution in [0.5, 0.6) is 11.5 Å². The average Bonchev–Trinajstić information content (AvgIpc) is 2.70. The van der Waals surface area contributed by atoms with E-state index in [1.807, 2.05) is 19.1 Å². The first-order chi connectivity index (χ1) is 13.6. The lowest BCUT2D eigenvalue weighted by atomic mass is 10.2. The SMILES string of the molecule is CCOc1ccccc1NC(=O)c1ccnc(Nc2ccc(OC)c(Cl)c2)n1. The maximum Gasteiger partial charge on any atom is 0.274 e. The van der Waals surface area contributed by atoms with Crippen molar-refractivity contribution in [3.8, 4) is 11.5 Å². The van der Waals surface area contributed by atoms with Gasteiger partial charge in [-0.25, -0.2) is 9.97 Å². The van der Waals surface area contributed by atoms with Gasteiger partial charge in [-0.15, -0.1) is 0 Å². The average molecular weight is 399 g/mol. The van der Waals surface area contributed by atoms with Crippen LogP contribution in [-0.4, -0.2) is 29.6 Å². The quantitative estimate of drug-likeness (QED) is 0.608. The number of hydrogen-bond acceptors (Lipinski definition) is 6. The first kappa shape index (κ1) is 19.4. The van der Waals surface area contributed by atoms with Gasteiger partial charge in [0.1, 0.15) is 17.2 Å². The molecule has 144 valence electrons. The van der Waals surface area contributed by atoms with Crippen LogP contribution < -0.4 is 20.1 Å². The fraction of sp³-hybridized carbons (Fsp3) is 0.150. The number of carbonyl (C=O) groups excluding carboxylic acids is 1. The van der Waals surface area contributed by atoms with E-state index >= 15 is 0 Å². The van der Waals surface area contributed by atoms with Gasteiger partial charge in [-0.05, 0) is 43.3 Å². The molecule has 0 bridgehead atoms. The van der Waals surface area contributed by atoms with Crippen LogP contribution >= 0.6 is 11.6 Å². The monoisotopic (exact) mass is 398 g/mol. The van der Waals surface area contributed by atoms with Crippen molar-refractivity contribution in [1.82, 2.24) is 9.97 Å². The summed E-state index contributed by atoms with van der Waals surface area (Å²) in [5, 5.41) is 6.28. The molecule has 0 aliphatic rings. The molecule has 7 nitrogen and oxygen atoms in total. The Morgan fingerprint density at radius 1 is 1.14 bits per heavy atom. The molecule has 2 N–H and O–H groups in total. The number of aromatic nitrogens is 2. The van der Waals surface area contributed by atoms with Gasteiger partial charge in [0.05, 0.1) is 24.4 Å². The molecule has 3 rings (SSSR count). The Labute approximate surface area is 167 Å². The van der Waals surface area contributed by atoms with Crippen LogP contribution in [0.3, 0.4) is 0 Å². The molecule has 0 radical (unpaired) electrons. The van der Waals surface area contributed by atoms with Crippen LogP contribution in [0.2, 0.25) is 5.02 Å². The minimum Gasteiger partial charge on any atom is -0.495 e. The third kappa shape index (κ3) is 4.69. The minimum absolute atomic E-state index is 0.211. The lowest BCUT2D eigenvalue weighted by molar-refractivity contribution is 0.102. The molecule has 1 heterocycles. The first-order valence-electron chi connectivity index (χ1n) is 8.57. The number of hydrogen-bond donors (Lipinski definition) is 2. The lowest BCUT2D eigenvalue weighted by Gasteiger charge is -2.11. The number of benzene rings is 2. The zero-order valence-corrected chi connectivity index (χ0v) is 16.2. The number of para-hydroxylation sites is 2. The van der Waals surface area contributed by atoms with Crippen molar-refractivity contribution >= 4 is 34.8 Å². The van der Waals surface area contributed by atoms with Crippen molar-refractivity contribution < 1.29 is 14.3 Å². The molecule has 3 aromatic rings. The molecule has 0 saturated carbocycles. The lowest BCUT2D eigenvalue weighted by Crippen LogP contribution is -2.15. The van der Waals surface area contributed by atoms with Gasteiger partial charge in [-0.3, -0.25) is 4.79 Å². The minimum atomic E-state index is -0.370. The molecule has 1 amide bonds. The number of ether oxygens (including phenoxy) is 2. The molecule has 1 aromatic heterocycles. The Morgan fingerprint density at radius 2 is 1.96 bits per heavy atom. The number of amides is 1. The number of methoxy groups -OCH3 is 1. The van der Waals surface area contributed by atoms with E-state index in [1.165, 1.54) is 12.3 Å². The van der Waals surface area contributed by atoms with E-state index in [4.69, 9.17) is 21.1 Å². The fourth-order valence-electron chi connectivity index (χ4n) is 2.46. The van der Waals surface area contributed by atoms with Gasteiger partial charge in [0.2, 0.25) is 5.95 Å². The van der Waals surface area contributed by atoms with Gasteiger partial charge >= 0.3 is 0 Å². The molecule has 0 unspecified atom stereocenters. The molecule has 0 saturated heterocycles. The second-order valence-electron chi connectivity index (χ2n) is 5.62. The smallest absolute Gasteiger partial charge is 0.274 e. The third-order valence-corrected chi connectivity index (χ3v) is 4.03. The first-order valence-corrected chi connectivity index (χ1v) is 8.95. The summed E-state index contributed by atoms with van der Waals surface area (Å²) in [6.07, 6.45) is 1.50. The van der Waals surface area contributed by atoms with Crippen molar-refractivity contribution in [3.63, 3.8) is 0 Å². The molecule has 0 aliphatic heterocycles. The van der Waals surface area contributed by atoms with Crippen molar-refractivity contribution in [3.05, 3.63) is 65.4 Å². The van der Waals surface area contributed by atoms with Gasteiger partial charge in [-0.2, -0.15) is 0 Å². The summed E-state index contributed by atoms with van der Waals surface area (Å²) in [7, 11) is 1.54. The van der Waals surface area contributed by atoms with E-state index in [2.05, 4.69) is 20.6 Å². The molecule has 0 atom stereocenters. The molecule has 28 heavy (non-hydrogen) atoms. The predicted molar refractivity (Wildman–Crippen MR) is 109 cm³/mol. The zero-order valence-electron chi connectivity index (χ0n) is 15.4. The Balaban J connectivity index is 1.76. The van der Waals surface area contributed by atoms with Crippen molar-refractivity contribution in [2.75, 3.05) is 24.4 Å². The molecular weight excluding hydrogens is 380 g/mol. The van der Waals surface area contributed by atoms with Crippen molar-refractivity contribution in [2.24, 2.45) is 0 Å². The normalized spacial score (nSPS) is 10.2. The van der Waals surface area contributed by atoms with Crippen molar-refractivity contribution in [2.45, 2.75) is 6.92 Å². The third-order valence-electron chi connectivity index (χ3n) is 3.73. The van der Waals surface area contributed by atoms with Crippen molar-refractivity contribution in [1.29, 1.82) is 0 Å². The molecular formula is C20H19ClN4O3. The van der Waals surface area contributed by atoms with E-state index in [9.17, 15) is 4.79 Å². The van der Waals surface area contributed by atoms with E-state index < -0.39 is 0 Å². The summed E-state index contributed by atoms with van der Waals surface area (Å²) >= 11 is 6.13. The summed E-state index contributed by atoms with van der Waals surface area (Å²) in [6, 6.07) is 13.9. The Bertz CT molecular complexity index is 981. The van der Waals surface area contributed by atoms with Gasteiger partial charge in [-0.1, -0.05) is 23.7 Å². The standard InChI is InChI=1S/C20H19ClN4O3/c1-3-28-18-7-5-4-6-15(18)24-19(26)16-10-11-22-20(25-16)23-13-8-9-17(27-2)14(21)12-13/h4-12H,3H2,1-2H3,(H,24,26)(H,22,23,25). The maximum atomic E-state index is 12.6. The summed E-state index contributed by atoms with van der Waals surface area (Å²) in [5.41, 5.74) is 1.46. The topological polar surface area (TPSA) is 85.4 Å². The van der Waals surface area contributed by atoms with Gasteiger partial charge in [0, 0.05) is 11.9 Å². The highest BCUT2D eigenvalue weighted by molar-refractivity contribution is 6.32. The molecule has 2 aromatic carbocycles. The van der Waals surface area contributed by atoms with Crippen LogP contribution in [0.25, 0.3) is 0 Å². The van der Waals surface area contributed by atoms with Crippen LogP contribution in [0.15, 0.2) is 54.7 Å². The van der Waals surface area contributed by atoms with Gasteiger partial charge < -0.3 is 20.1 Å². The summed E-state index contributed by atoms with van der Waals surface area (Å²) in [6.45, 7) is 2.38. The van der Waals surface area contributed by atoms with E-state index in [1.54, 1.807) is 37.4 Å². The number of halogens is 1. The molecule has 0 spiro atoms. The largest absolute Gasteiger partial charge is 0.495 e. The molecule has 0 fully saturated rings. The highest BCUT2D eigenvalue weighted by Crippen LogP contribution is 2.28. The maximum absolute atomic E-state index is 12.6. The van der Waals surface area contributed by atoms with Crippen LogP contribution in [-0.2, 0) is 0 Å². The molecule has 0 aliphatic carbocycles. The number of anilines is 3. The van der Waals surface area contributed by atoms with E-state index in [0.717, 1.165) is 0 Å².